The maximum absolute atomic E-state index is 12.7. The highest BCUT2D eigenvalue weighted by atomic mass is 16.5. The van der Waals surface area contributed by atoms with E-state index in [1.165, 1.54) is 10.8 Å². The number of nitrogens with zero attached hydrogens (tertiary/aromatic N) is 3. The Kier molecular flexibility index (Phi) is 4.25. The first kappa shape index (κ1) is 16.3. The molecular formula is C17H17N5O3. The summed E-state index contributed by atoms with van der Waals surface area (Å²) in [7, 11) is 1.73. The summed E-state index contributed by atoms with van der Waals surface area (Å²) < 4.78 is 7.79. The Labute approximate surface area is 143 Å². The number of amides is 1. The number of nitrogens with two attached hydrogens (primary N) is 1. The van der Waals surface area contributed by atoms with Crippen LogP contribution in [0.1, 0.15) is 10.5 Å². The van der Waals surface area contributed by atoms with Crippen molar-refractivity contribution < 1.29 is 14.3 Å². The molecule has 0 spiro atoms. The monoisotopic (exact) mass is 339 g/mol. The average Bonchev–Trinajstić information content (AvgIpc) is 3.14. The van der Waals surface area contributed by atoms with Gasteiger partial charge in [0, 0.05) is 24.3 Å². The number of hydrogen-bond donors (Lipinski definition) is 2. The third-order valence-electron chi connectivity index (χ3n) is 3.59. The number of carbonyl (C=O) groups is 2. The van der Waals surface area contributed by atoms with Gasteiger partial charge in [-0.3, -0.25) is 10.1 Å². The Morgan fingerprint density at radius 2 is 2.20 bits per heavy atom. The van der Waals surface area contributed by atoms with Gasteiger partial charge in [0.25, 0.3) is 5.91 Å². The first-order chi connectivity index (χ1) is 12.0. The SMILES string of the molecule is C=CCOC(=O)Nc1ccc2cnn(C(=O)c3cc(N)cn3C)c2c1. The summed E-state index contributed by atoms with van der Waals surface area (Å²) in [5.74, 6) is -0.319. The van der Waals surface area contributed by atoms with Crippen LogP contribution in [0.2, 0.25) is 0 Å². The quantitative estimate of drug-likeness (QED) is 0.710. The van der Waals surface area contributed by atoms with Crippen molar-refractivity contribution in [2.75, 3.05) is 17.7 Å². The van der Waals surface area contributed by atoms with Crippen molar-refractivity contribution in [1.82, 2.24) is 14.3 Å². The number of nitrogen functional groups attached to an aromatic ring is 1. The van der Waals surface area contributed by atoms with E-state index in [-0.39, 0.29) is 12.5 Å². The van der Waals surface area contributed by atoms with Gasteiger partial charge in [-0.2, -0.15) is 9.78 Å². The number of anilines is 2. The zero-order valence-electron chi connectivity index (χ0n) is 13.6. The molecule has 0 radical (unpaired) electrons. The minimum absolute atomic E-state index is 0.111. The van der Waals surface area contributed by atoms with Crippen LogP contribution in [0.4, 0.5) is 16.2 Å². The molecule has 3 rings (SSSR count). The zero-order chi connectivity index (χ0) is 18.0. The summed E-state index contributed by atoms with van der Waals surface area (Å²) in [5, 5.41) is 7.51. The number of rotatable bonds is 4. The van der Waals surface area contributed by atoms with Crippen LogP contribution >= 0.6 is 0 Å². The molecular weight excluding hydrogens is 322 g/mol. The predicted octanol–water partition coefficient (Wildman–Crippen LogP) is 2.38. The molecule has 8 heteroatoms. The molecule has 25 heavy (non-hydrogen) atoms. The number of aromatic nitrogens is 3. The number of hydrogen-bond acceptors (Lipinski definition) is 5. The summed E-state index contributed by atoms with van der Waals surface area (Å²) in [4.78, 5) is 24.4. The summed E-state index contributed by atoms with van der Waals surface area (Å²) in [5.41, 5.74) is 7.68. The summed E-state index contributed by atoms with van der Waals surface area (Å²) in [6, 6.07) is 6.70. The van der Waals surface area contributed by atoms with Crippen molar-refractivity contribution in [1.29, 1.82) is 0 Å². The Morgan fingerprint density at radius 1 is 1.40 bits per heavy atom. The van der Waals surface area contributed by atoms with Gasteiger partial charge in [-0.25, -0.2) is 4.79 Å². The van der Waals surface area contributed by atoms with Gasteiger partial charge in [0.05, 0.1) is 17.4 Å². The molecule has 0 saturated carbocycles. The van der Waals surface area contributed by atoms with E-state index in [4.69, 9.17) is 10.5 Å². The van der Waals surface area contributed by atoms with Gasteiger partial charge in [0.1, 0.15) is 12.3 Å². The van der Waals surface area contributed by atoms with E-state index >= 15 is 0 Å². The van der Waals surface area contributed by atoms with Gasteiger partial charge in [0.15, 0.2) is 0 Å². The molecule has 3 aromatic rings. The van der Waals surface area contributed by atoms with Crippen LogP contribution in [0.15, 0.2) is 49.3 Å². The topological polar surface area (TPSA) is 104 Å². The van der Waals surface area contributed by atoms with E-state index in [0.717, 1.165) is 5.39 Å². The third kappa shape index (κ3) is 3.23. The number of nitrogens with one attached hydrogen (secondary N) is 1. The van der Waals surface area contributed by atoms with Crippen molar-refractivity contribution in [3.8, 4) is 0 Å². The number of carbonyl (C=O) groups excluding carboxylic acids is 2. The third-order valence-corrected chi connectivity index (χ3v) is 3.59. The number of fused-ring (bicyclic) bond motifs is 1. The van der Waals surface area contributed by atoms with Crippen LogP contribution in [0, 0.1) is 0 Å². The van der Waals surface area contributed by atoms with Crippen LogP contribution < -0.4 is 11.1 Å². The normalized spacial score (nSPS) is 10.6. The highest BCUT2D eigenvalue weighted by Gasteiger charge is 2.17. The van der Waals surface area contributed by atoms with E-state index < -0.39 is 6.09 Å². The van der Waals surface area contributed by atoms with Gasteiger partial charge in [0.2, 0.25) is 0 Å². The van der Waals surface area contributed by atoms with E-state index in [1.54, 1.807) is 48.3 Å². The van der Waals surface area contributed by atoms with Gasteiger partial charge < -0.3 is 15.0 Å². The fraction of sp³-hybridized carbons (Fsp3) is 0.118. The summed E-state index contributed by atoms with van der Waals surface area (Å²) in [6.07, 6.45) is 4.11. The first-order valence-corrected chi connectivity index (χ1v) is 7.48. The molecule has 0 aliphatic rings. The Morgan fingerprint density at radius 3 is 2.88 bits per heavy atom. The molecule has 0 unspecified atom stereocenters. The Hall–Kier alpha value is -3.55. The molecule has 3 N–H and O–H groups in total. The molecule has 0 bridgehead atoms. The van der Waals surface area contributed by atoms with Gasteiger partial charge in [-0.05, 0) is 24.3 Å². The molecule has 8 nitrogen and oxygen atoms in total. The van der Waals surface area contributed by atoms with Crippen LogP contribution in [-0.2, 0) is 11.8 Å². The molecule has 0 aliphatic carbocycles. The van der Waals surface area contributed by atoms with Crippen LogP contribution in [0.25, 0.3) is 10.9 Å². The summed E-state index contributed by atoms with van der Waals surface area (Å²) >= 11 is 0. The number of benzene rings is 1. The highest BCUT2D eigenvalue weighted by Crippen LogP contribution is 2.21. The van der Waals surface area contributed by atoms with Crippen LogP contribution in [0.5, 0.6) is 0 Å². The molecule has 1 aromatic carbocycles. The predicted molar refractivity (Wildman–Crippen MR) is 94.5 cm³/mol. The van der Waals surface area contributed by atoms with Crippen LogP contribution in [0.3, 0.4) is 0 Å². The molecule has 128 valence electrons. The van der Waals surface area contributed by atoms with Crippen molar-refractivity contribution in [2.24, 2.45) is 7.05 Å². The Balaban J connectivity index is 1.93. The molecule has 0 fully saturated rings. The second-order valence-corrected chi connectivity index (χ2v) is 5.42. The molecule has 2 heterocycles. The number of ether oxygens (including phenoxy) is 1. The molecule has 0 aliphatic heterocycles. The molecule has 0 saturated heterocycles. The molecule has 0 atom stereocenters. The molecule has 2 aromatic heterocycles. The largest absolute Gasteiger partial charge is 0.445 e. The standard InChI is InChI=1S/C17H17N5O3/c1-3-6-25-17(24)20-13-5-4-11-9-19-22(14(11)8-13)16(23)15-7-12(18)10-21(15)2/h3-5,7-10H,1,6,18H2,2H3,(H,20,24). The zero-order valence-corrected chi connectivity index (χ0v) is 13.6. The fourth-order valence-electron chi connectivity index (χ4n) is 2.46. The van der Waals surface area contributed by atoms with Crippen LogP contribution in [-0.4, -0.2) is 33.0 Å². The maximum Gasteiger partial charge on any atom is 0.411 e. The lowest BCUT2D eigenvalue weighted by molar-refractivity contribution is 0.0942. The van der Waals surface area contributed by atoms with E-state index in [9.17, 15) is 9.59 Å². The maximum atomic E-state index is 12.7. The first-order valence-electron chi connectivity index (χ1n) is 7.48. The van der Waals surface area contributed by atoms with E-state index in [0.29, 0.717) is 22.6 Å². The van der Waals surface area contributed by atoms with Crippen molar-refractivity contribution in [2.45, 2.75) is 0 Å². The Bertz CT molecular complexity index is 970. The van der Waals surface area contributed by atoms with Gasteiger partial charge >= 0.3 is 6.09 Å². The van der Waals surface area contributed by atoms with Crippen molar-refractivity contribution >= 4 is 34.3 Å². The average molecular weight is 339 g/mol. The second kappa shape index (κ2) is 6.52. The molecule has 1 amide bonds. The smallest absolute Gasteiger partial charge is 0.411 e. The van der Waals surface area contributed by atoms with E-state index in [2.05, 4.69) is 17.0 Å². The van der Waals surface area contributed by atoms with Gasteiger partial charge in [-0.1, -0.05) is 12.7 Å². The highest BCUT2D eigenvalue weighted by molar-refractivity contribution is 6.01. The lowest BCUT2D eigenvalue weighted by Gasteiger charge is -2.07. The van der Waals surface area contributed by atoms with Crippen molar-refractivity contribution in [3.05, 3.63) is 55.0 Å². The van der Waals surface area contributed by atoms with E-state index in [1.807, 2.05) is 0 Å². The minimum Gasteiger partial charge on any atom is -0.445 e. The minimum atomic E-state index is -0.605. The lowest BCUT2D eigenvalue weighted by atomic mass is 10.2. The van der Waals surface area contributed by atoms with Crippen molar-refractivity contribution in [3.63, 3.8) is 0 Å². The summed E-state index contributed by atoms with van der Waals surface area (Å²) in [6.45, 7) is 3.59. The lowest BCUT2D eigenvalue weighted by Crippen LogP contribution is -2.17. The fourth-order valence-corrected chi connectivity index (χ4v) is 2.46. The van der Waals surface area contributed by atoms with Gasteiger partial charge in [-0.15, -0.1) is 0 Å². The number of aryl methyl sites for hydroxylation is 1. The second-order valence-electron chi connectivity index (χ2n) is 5.42.